The van der Waals surface area contributed by atoms with Crippen molar-refractivity contribution >= 4 is 16.9 Å². The van der Waals surface area contributed by atoms with Crippen LogP contribution in [0.3, 0.4) is 0 Å². The zero-order valence-electron chi connectivity index (χ0n) is 16.1. The molecule has 1 aromatic heterocycles. The van der Waals surface area contributed by atoms with E-state index in [0.29, 0.717) is 12.1 Å². The van der Waals surface area contributed by atoms with Crippen molar-refractivity contribution in [1.82, 2.24) is 4.73 Å². The van der Waals surface area contributed by atoms with Gasteiger partial charge in [0.2, 0.25) is 0 Å². The first kappa shape index (κ1) is 18.0. The number of hydrogen-bond acceptors (Lipinski definition) is 4. The van der Waals surface area contributed by atoms with Gasteiger partial charge >= 0.3 is 0 Å². The minimum Gasteiger partial charge on any atom is -0.404 e. The first-order valence-electron chi connectivity index (χ1n) is 9.45. The Labute approximate surface area is 163 Å². The summed E-state index contributed by atoms with van der Waals surface area (Å²) in [5, 5.41) is 4.31. The number of aromatic nitrogens is 1. The van der Waals surface area contributed by atoms with Gasteiger partial charge in [-0.05, 0) is 38.0 Å². The van der Waals surface area contributed by atoms with Gasteiger partial charge in [-0.25, -0.2) is 0 Å². The zero-order valence-corrected chi connectivity index (χ0v) is 16.1. The molecule has 3 aromatic rings. The fourth-order valence-electron chi connectivity index (χ4n) is 3.53. The molecule has 1 unspecified atom stereocenters. The fourth-order valence-corrected chi connectivity index (χ4v) is 3.53. The van der Waals surface area contributed by atoms with Gasteiger partial charge in [-0.15, -0.1) is 4.73 Å². The van der Waals surface area contributed by atoms with Crippen LogP contribution in [-0.4, -0.2) is 10.8 Å². The van der Waals surface area contributed by atoms with Gasteiger partial charge in [-0.2, -0.15) is 0 Å². The molecule has 0 spiro atoms. The van der Waals surface area contributed by atoms with E-state index in [1.54, 1.807) is 6.07 Å². The molecule has 0 bridgehead atoms. The Balaban J connectivity index is 1.81. The number of anilines is 2. The molecule has 0 radical (unpaired) electrons. The van der Waals surface area contributed by atoms with E-state index in [9.17, 15) is 4.79 Å². The van der Waals surface area contributed by atoms with Crippen LogP contribution in [-0.2, 0) is 6.61 Å². The lowest BCUT2D eigenvalue weighted by molar-refractivity contribution is 0.0788. The third-order valence-electron chi connectivity index (χ3n) is 4.78. The maximum atomic E-state index is 12.9. The van der Waals surface area contributed by atoms with Crippen LogP contribution in [0.1, 0.15) is 25.8 Å². The largest absolute Gasteiger partial charge is 0.404 e. The molecule has 0 aliphatic carbocycles. The van der Waals surface area contributed by atoms with Gasteiger partial charge in [-0.1, -0.05) is 54.1 Å². The van der Waals surface area contributed by atoms with Gasteiger partial charge in [0.25, 0.3) is 5.56 Å². The van der Waals surface area contributed by atoms with Crippen molar-refractivity contribution < 1.29 is 4.84 Å². The molecule has 5 nitrogen and oxygen atoms in total. The van der Waals surface area contributed by atoms with Crippen LogP contribution in [0.5, 0.6) is 0 Å². The first-order chi connectivity index (χ1) is 13.6. The maximum absolute atomic E-state index is 12.9. The lowest BCUT2D eigenvalue weighted by atomic mass is 10.0. The summed E-state index contributed by atoms with van der Waals surface area (Å²) >= 11 is 0. The Kier molecular flexibility index (Phi) is 4.98. The predicted molar refractivity (Wildman–Crippen MR) is 111 cm³/mol. The highest BCUT2D eigenvalue weighted by atomic mass is 16.7. The lowest BCUT2D eigenvalue weighted by Gasteiger charge is -2.19. The number of nitrogens with one attached hydrogen (secondary N) is 1. The average molecular weight is 373 g/mol. The molecule has 2 heterocycles. The summed E-state index contributed by atoms with van der Waals surface area (Å²) in [5.74, 6) is 0. The lowest BCUT2D eigenvalue weighted by Crippen LogP contribution is -2.50. The van der Waals surface area contributed by atoms with Gasteiger partial charge in [0.1, 0.15) is 6.61 Å². The van der Waals surface area contributed by atoms with Crippen molar-refractivity contribution in [2.75, 3.05) is 5.32 Å². The van der Waals surface area contributed by atoms with Crippen LogP contribution < -0.4 is 26.4 Å². The zero-order chi connectivity index (χ0) is 19.5. The van der Waals surface area contributed by atoms with Crippen LogP contribution in [0.15, 0.2) is 76.5 Å². The van der Waals surface area contributed by atoms with Crippen LogP contribution in [0, 0.1) is 0 Å². The predicted octanol–water partition coefficient (Wildman–Crippen LogP) is 2.80. The normalized spacial score (nSPS) is 15.5. The van der Waals surface area contributed by atoms with E-state index in [0.717, 1.165) is 28.6 Å². The van der Waals surface area contributed by atoms with E-state index in [4.69, 9.17) is 9.83 Å². The molecule has 5 heteroatoms. The second kappa shape index (κ2) is 7.72. The minimum atomic E-state index is -0.237. The highest BCUT2D eigenvalue weighted by Gasteiger charge is 2.16. The van der Waals surface area contributed by atoms with Crippen molar-refractivity contribution in [3.05, 3.63) is 93.4 Å². The molecule has 28 heavy (non-hydrogen) atoms. The molecule has 142 valence electrons. The summed E-state index contributed by atoms with van der Waals surface area (Å²) in [6.07, 6.45) is 0.855. The van der Waals surface area contributed by atoms with E-state index in [1.807, 2.05) is 60.7 Å². The van der Waals surface area contributed by atoms with Crippen LogP contribution in [0.4, 0.5) is 11.4 Å². The van der Waals surface area contributed by atoms with Gasteiger partial charge in [0.15, 0.2) is 5.49 Å². The summed E-state index contributed by atoms with van der Waals surface area (Å²) in [7, 11) is 0. The first-order valence-corrected chi connectivity index (χ1v) is 9.45. The number of hydrogen-bond donors (Lipinski definition) is 1. The second-order valence-electron chi connectivity index (χ2n) is 7.10. The molecule has 1 N–H and O–H groups in total. The SMILES string of the molecule is CC1=c2c(Nc3ccccc3)cc(=O)n(OCc3ccccc3)c2=NC(C)C1. The third-order valence-corrected chi connectivity index (χ3v) is 4.78. The highest BCUT2D eigenvalue weighted by Crippen LogP contribution is 2.14. The molecule has 0 saturated carbocycles. The van der Waals surface area contributed by atoms with Gasteiger partial charge in [-0.3, -0.25) is 9.79 Å². The molecule has 4 rings (SSSR count). The van der Waals surface area contributed by atoms with E-state index < -0.39 is 0 Å². The van der Waals surface area contributed by atoms with Crippen LogP contribution in [0.2, 0.25) is 0 Å². The van der Waals surface area contributed by atoms with Gasteiger partial charge in [0, 0.05) is 17.0 Å². The maximum Gasteiger partial charge on any atom is 0.287 e. The Morgan fingerprint density at radius 3 is 2.50 bits per heavy atom. The second-order valence-corrected chi connectivity index (χ2v) is 7.10. The van der Waals surface area contributed by atoms with Crippen molar-refractivity contribution in [3.8, 4) is 0 Å². The minimum absolute atomic E-state index is 0.102. The molecule has 1 aliphatic heterocycles. The number of fused-ring (bicyclic) bond motifs is 1. The van der Waals surface area contributed by atoms with Gasteiger partial charge in [0.05, 0.1) is 11.7 Å². The molecule has 0 fully saturated rings. The quantitative estimate of drug-likeness (QED) is 0.748. The molecular weight excluding hydrogens is 350 g/mol. The number of rotatable bonds is 5. The molecule has 1 atom stereocenters. The topological polar surface area (TPSA) is 55.6 Å². The van der Waals surface area contributed by atoms with E-state index in [1.165, 1.54) is 10.3 Å². The molecule has 0 amide bonds. The Hall–Kier alpha value is -3.34. The highest BCUT2D eigenvalue weighted by molar-refractivity contribution is 5.63. The summed E-state index contributed by atoms with van der Waals surface area (Å²) in [6, 6.07) is 21.3. The smallest absolute Gasteiger partial charge is 0.287 e. The van der Waals surface area contributed by atoms with Crippen molar-refractivity contribution in [2.45, 2.75) is 32.9 Å². The molecule has 0 saturated heterocycles. The summed E-state index contributed by atoms with van der Waals surface area (Å²) in [6.45, 7) is 4.45. The average Bonchev–Trinajstić information content (AvgIpc) is 2.68. The monoisotopic (exact) mass is 373 g/mol. The summed E-state index contributed by atoms with van der Waals surface area (Å²) < 4.78 is 1.33. The van der Waals surface area contributed by atoms with Crippen molar-refractivity contribution in [2.24, 2.45) is 4.99 Å². The van der Waals surface area contributed by atoms with Gasteiger partial charge < -0.3 is 10.2 Å². The standard InChI is InChI=1S/C23H23N3O2/c1-16-13-17(2)24-23-22(16)20(25-19-11-7-4-8-12-19)14-21(27)26(23)28-15-18-9-5-3-6-10-18/h3-12,14,17,25H,13,15H2,1-2H3. The number of benzene rings is 2. The van der Waals surface area contributed by atoms with Crippen molar-refractivity contribution in [1.29, 1.82) is 0 Å². The molecular formula is C23H23N3O2. The third kappa shape index (κ3) is 3.69. The van der Waals surface area contributed by atoms with E-state index in [-0.39, 0.29) is 11.6 Å². The Morgan fingerprint density at radius 1 is 1.11 bits per heavy atom. The van der Waals surface area contributed by atoms with E-state index >= 15 is 0 Å². The van der Waals surface area contributed by atoms with E-state index in [2.05, 4.69) is 19.2 Å². The molecule has 1 aliphatic rings. The summed E-state index contributed by atoms with van der Waals surface area (Å²) in [5.41, 5.74) is 4.22. The molecule has 2 aromatic carbocycles. The number of pyridine rings is 1. The number of nitrogens with zero attached hydrogens (tertiary/aromatic N) is 2. The van der Waals surface area contributed by atoms with Crippen molar-refractivity contribution in [3.63, 3.8) is 0 Å². The van der Waals surface area contributed by atoms with Crippen LogP contribution >= 0.6 is 0 Å². The Bertz CT molecular complexity index is 1150. The Morgan fingerprint density at radius 2 is 1.79 bits per heavy atom. The number of para-hydroxylation sites is 1. The summed E-state index contributed by atoms with van der Waals surface area (Å²) in [4.78, 5) is 23.5. The van der Waals surface area contributed by atoms with Crippen LogP contribution in [0.25, 0.3) is 5.57 Å². The fraction of sp³-hybridized carbons (Fsp3) is 0.217.